The maximum absolute atomic E-state index is 6.25. The molecule has 4 bridgehead atoms. The number of nitrogens with two attached hydrogens (primary N) is 1. The Kier molecular flexibility index (Phi) is 3.15. The molecule has 2 heteroatoms. The van der Waals surface area contributed by atoms with Gasteiger partial charge in [-0.15, -0.1) is 0 Å². The van der Waals surface area contributed by atoms with Crippen LogP contribution in [0.4, 0.5) is 0 Å². The van der Waals surface area contributed by atoms with Crippen molar-refractivity contribution >= 4 is 0 Å². The van der Waals surface area contributed by atoms with E-state index in [1.54, 1.807) is 19.3 Å². The van der Waals surface area contributed by atoms with Crippen LogP contribution in [0, 0.1) is 29.1 Å². The molecule has 5 fully saturated rings. The zero-order chi connectivity index (χ0) is 12.9. The number of hydrogen-bond acceptors (Lipinski definition) is 2. The van der Waals surface area contributed by atoms with Crippen molar-refractivity contribution in [3.8, 4) is 0 Å². The minimum atomic E-state index is 0.659. The van der Waals surface area contributed by atoms with Gasteiger partial charge in [0.2, 0.25) is 0 Å². The standard InChI is InChI=1S/C17H30N2/c18-11-16(12-19-3-1-2-4-19)17-8-13-5-14(9-17)7-15(6-13)10-17/h13-16H,1-12,18H2. The zero-order valence-electron chi connectivity index (χ0n) is 12.3. The summed E-state index contributed by atoms with van der Waals surface area (Å²) < 4.78 is 0. The Bertz CT molecular complexity index is 297. The SMILES string of the molecule is NCC(CN1CCCC1)C12CC3CC(CC(C3)C1)C2. The Labute approximate surface area is 118 Å². The largest absolute Gasteiger partial charge is 0.330 e. The highest BCUT2D eigenvalue weighted by molar-refractivity contribution is 5.04. The molecular formula is C17H30N2. The normalized spacial score (nSPS) is 46.9. The quantitative estimate of drug-likeness (QED) is 0.844. The van der Waals surface area contributed by atoms with Crippen molar-refractivity contribution in [2.45, 2.75) is 51.4 Å². The average molecular weight is 262 g/mol. The summed E-state index contributed by atoms with van der Waals surface area (Å²) in [6.07, 6.45) is 12.1. The first-order valence-electron chi connectivity index (χ1n) is 8.70. The van der Waals surface area contributed by atoms with Crippen molar-refractivity contribution in [2.24, 2.45) is 34.8 Å². The fraction of sp³-hybridized carbons (Fsp3) is 1.00. The number of rotatable bonds is 4. The Morgan fingerprint density at radius 2 is 1.47 bits per heavy atom. The molecule has 5 rings (SSSR count). The van der Waals surface area contributed by atoms with Gasteiger partial charge in [-0.05, 0) is 100 Å². The van der Waals surface area contributed by atoms with Crippen LogP contribution < -0.4 is 5.73 Å². The summed E-state index contributed by atoms with van der Waals surface area (Å²) in [6.45, 7) is 4.91. The molecule has 4 saturated carbocycles. The van der Waals surface area contributed by atoms with E-state index in [2.05, 4.69) is 4.90 Å². The summed E-state index contributed by atoms with van der Waals surface area (Å²) in [4.78, 5) is 2.70. The van der Waals surface area contributed by atoms with E-state index in [9.17, 15) is 0 Å². The van der Waals surface area contributed by atoms with Crippen LogP contribution in [0.5, 0.6) is 0 Å². The molecule has 1 saturated heterocycles. The van der Waals surface area contributed by atoms with E-state index in [0.717, 1.165) is 30.2 Å². The maximum atomic E-state index is 6.25. The summed E-state index contributed by atoms with van der Waals surface area (Å²) in [6, 6.07) is 0. The molecule has 0 aromatic rings. The molecule has 108 valence electrons. The van der Waals surface area contributed by atoms with E-state index >= 15 is 0 Å². The highest BCUT2D eigenvalue weighted by Gasteiger charge is 2.53. The van der Waals surface area contributed by atoms with Gasteiger partial charge < -0.3 is 10.6 Å². The smallest absolute Gasteiger partial charge is 0.00270 e. The summed E-state index contributed by atoms with van der Waals surface area (Å²) in [5.74, 6) is 4.00. The third kappa shape index (κ3) is 2.15. The van der Waals surface area contributed by atoms with Crippen molar-refractivity contribution in [1.82, 2.24) is 4.90 Å². The van der Waals surface area contributed by atoms with Crippen LogP contribution in [0.15, 0.2) is 0 Å². The van der Waals surface area contributed by atoms with E-state index in [0.29, 0.717) is 5.41 Å². The highest BCUT2D eigenvalue weighted by Crippen LogP contribution is 2.62. The first kappa shape index (κ1) is 12.6. The molecule has 1 aliphatic heterocycles. The Balaban J connectivity index is 1.51. The molecule has 19 heavy (non-hydrogen) atoms. The monoisotopic (exact) mass is 262 g/mol. The predicted molar refractivity (Wildman–Crippen MR) is 78.8 cm³/mol. The highest BCUT2D eigenvalue weighted by atomic mass is 15.1. The molecule has 0 spiro atoms. The van der Waals surface area contributed by atoms with Crippen molar-refractivity contribution in [2.75, 3.05) is 26.2 Å². The first-order chi connectivity index (χ1) is 9.27. The van der Waals surface area contributed by atoms with Crippen molar-refractivity contribution in [1.29, 1.82) is 0 Å². The van der Waals surface area contributed by atoms with Gasteiger partial charge in [0.05, 0.1) is 0 Å². The van der Waals surface area contributed by atoms with E-state index in [1.165, 1.54) is 51.7 Å². The fourth-order valence-electron chi connectivity index (χ4n) is 6.47. The van der Waals surface area contributed by atoms with E-state index in [4.69, 9.17) is 5.73 Å². The second-order valence-electron chi connectivity index (χ2n) is 8.22. The molecule has 0 amide bonds. The second-order valence-corrected chi connectivity index (χ2v) is 8.22. The van der Waals surface area contributed by atoms with Crippen molar-refractivity contribution < 1.29 is 0 Å². The molecule has 2 nitrogen and oxygen atoms in total. The van der Waals surface area contributed by atoms with Gasteiger partial charge in [0.25, 0.3) is 0 Å². The summed E-state index contributed by atoms with van der Waals surface area (Å²) in [5, 5.41) is 0. The van der Waals surface area contributed by atoms with Crippen LogP contribution >= 0.6 is 0 Å². The van der Waals surface area contributed by atoms with Crippen LogP contribution in [0.25, 0.3) is 0 Å². The number of nitrogens with zero attached hydrogens (tertiary/aromatic N) is 1. The van der Waals surface area contributed by atoms with Gasteiger partial charge in [-0.25, -0.2) is 0 Å². The Morgan fingerprint density at radius 3 is 1.95 bits per heavy atom. The lowest BCUT2D eigenvalue weighted by molar-refractivity contribution is -0.0900. The number of likely N-dealkylation sites (tertiary alicyclic amines) is 1. The zero-order valence-corrected chi connectivity index (χ0v) is 12.3. The molecule has 4 aliphatic carbocycles. The predicted octanol–water partition coefficient (Wildman–Crippen LogP) is 2.87. The first-order valence-corrected chi connectivity index (χ1v) is 8.70. The van der Waals surface area contributed by atoms with Gasteiger partial charge >= 0.3 is 0 Å². The van der Waals surface area contributed by atoms with E-state index in [1.807, 2.05) is 0 Å². The molecule has 1 atom stereocenters. The number of hydrogen-bond donors (Lipinski definition) is 1. The molecule has 2 N–H and O–H groups in total. The van der Waals surface area contributed by atoms with Gasteiger partial charge in [0, 0.05) is 6.54 Å². The van der Waals surface area contributed by atoms with Crippen LogP contribution in [0.2, 0.25) is 0 Å². The van der Waals surface area contributed by atoms with Crippen LogP contribution in [-0.2, 0) is 0 Å². The van der Waals surface area contributed by atoms with Gasteiger partial charge in [-0.1, -0.05) is 0 Å². The lowest BCUT2D eigenvalue weighted by atomic mass is 9.46. The van der Waals surface area contributed by atoms with Crippen LogP contribution in [0.3, 0.4) is 0 Å². The third-order valence-corrected chi connectivity index (χ3v) is 6.91. The summed E-state index contributed by atoms with van der Waals surface area (Å²) in [5.41, 5.74) is 6.90. The van der Waals surface area contributed by atoms with Crippen molar-refractivity contribution in [3.63, 3.8) is 0 Å². The molecule has 0 aromatic heterocycles. The third-order valence-electron chi connectivity index (χ3n) is 6.91. The van der Waals surface area contributed by atoms with Gasteiger partial charge in [0.15, 0.2) is 0 Å². The van der Waals surface area contributed by atoms with Crippen LogP contribution in [0.1, 0.15) is 51.4 Å². The average Bonchev–Trinajstić information content (AvgIpc) is 2.87. The minimum absolute atomic E-state index is 0.659. The maximum Gasteiger partial charge on any atom is 0.00270 e. The van der Waals surface area contributed by atoms with Gasteiger partial charge in [-0.3, -0.25) is 0 Å². The summed E-state index contributed by atoms with van der Waals surface area (Å²) in [7, 11) is 0. The van der Waals surface area contributed by atoms with E-state index < -0.39 is 0 Å². The van der Waals surface area contributed by atoms with Crippen molar-refractivity contribution in [3.05, 3.63) is 0 Å². The minimum Gasteiger partial charge on any atom is -0.330 e. The van der Waals surface area contributed by atoms with E-state index in [-0.39, 0.29) is 0 Å². The molecule has 0 aromatic carbocycles. The second kappa shape index (κ2) is 4.73. The molecule has 5 aliphatic rings. The topological polar surface area (TPSA) is 29.3 Å². The molecule has 1 heterocycles. The van der Waals surface area contributed by atoms with Gasteiger partial charge in [0.1, 0.15) is 0 Å². The molecular weight excluding hydrogens is 232 g/mol. The summed E-state index contributed by atoms with van der Waals surface area (Å²) >= 11 is 0. The lowest BCUT2D eigenvalue weighted by Gasteiger charge is -2.60. The Morgan fingerprint density at radius 1 is 0.947 bits per heavy atom. The molecule has 1 unspecified atom stereocenters. The van der Waals surface area contributed by atoms with Gasteiger partial charge in [-0.2, -0.15) is 0 Å². The molecule has 0 radical (unpaired) electrons. The Hall–Kier alpha value is -0.0800. The fourth-order valence-corrected chi connectivity index (χ4v) is 6.47. The lowest BCUT2D eigenvalue weighted by Crippen LogP contribution is -2.53. The van der Waals surface area contributed by atoms with Crippen LogP contribution in [-0.4, -0.2) is 31.1 Å².